The van der Waals surface area contributed by atoms with Crippen molar-refractivity contribution in [2.75, 3.05) is 13.1 Å². The summed E-state index contributed by atoms with van der Waals surface area (Å²) in [5.74, 6) is -2.93. The van der Waals surface area contributed by atoms with Gasteiger partial charge in [0.25, 0.3) is 0 Å². The van der Waals surface area contributed by atoms with E-state index >= 15 is 0 Å². The Balaban J connectivity index is 5.03. The van der Waals surface area contributed by atoms with Gasteiger partial charge in [-0.25, -0.2) is 0 Å². The second-order valence-corrected chi connectivity index (χ2v) is 16.2. The summed E-state index contributed by atoms with van der Waals surface area (Å²) in [4.78, 5) is 38.8. The Morgan fingerprint density at radius 1 is 0.345 bits per heavy atom. The van der Waals surface area contributed by atoms with Crippen LogP contribution in [0.1, 0.15) is 284 Å². The second kappa shape index (κ2) is 45.1. The average Bonchev–Trinajstić information content (AvgIpc) is 3.20. The average molecular weight is 784 g/mol. The first kappa shape index (κ1) is 44.5. The van der Waals surface area contributed by atoms with E-state index in [9.17, 15) is 14.4 Å². The zero-order chi connectivity index (χ0) is 44.6. The Bertz CT molecular complexity index is 1030. The van der Waals surface area contributed by atoms with Gasteiger partial charge in [0.1, 0.15) is 13.1 Å². The quantitative estimate of drug-likeness (QED) is 0.0348. The third kappa shape index (κ3) is 43.4. The topological polar surface area (TPSA) is 78.9 Å². The molecule has 0 radical (unpaired) electrons. The highest BCUT2D eigenvalue weighted by Gasteiger charge is 2.19. The molecule has 55 heavy (non-hydrogen) atoms. The summed E-state index contributed by atoms with van der Waals surface area (Å²) in [5.41, 5.74) is 0. The van der Waals surface area contributed by atoms with Gasteiger partial charge in [-0.2, -0.15) is 0 Å². The van der Waals surface area contributed by atoms with Gasteiger partial charge in [-0.05, 0) is 19.3 Å². The summed E-state index contributed by atoms with van der Waals surface area (Å²) in [6.07, 6.45) is 37.0. The van der Waals surface area contributed by atoms with Crippen LogP contribution in [0.3, 0.4) is 0 Å². The summed E-state index contributed by atoms with van der Waals surface area (Å²) in [6.45, 7) is -0.209. The van der Waals surface area contributed by atoms with Crippen molar-refractivity contribution in [3.8, 4) is 0 Å². The fraction of sp³-hybridized carbons (Fsp3) is 0.939. The van der Waals surface area contributed by atoms with Gasteiger partial charge < -0.3 is 14.2 Å². The van der Waals surface area contributed by atoms with Crippen molar-refractivity contribution in [1.29, 1.82) is 0 Å². The molecule has 1 atom stereocenters. The molecule has 0 saturated carbocycles. The minimum atomic E-state index is -3.48. The van der Waals surface area contributed by atoms with Crippen LogP contribution >= 0.6 is 0 Å². The van der Waals surface area contributed by atoms with Gasteiger partial charge in [0.15, 0.2) is 6.08 Å². The third-order valence-corrected chi connectivity index (χ3v) is 10.7. The Morgan fingerprint density at radius 2 is 0.545 bits per heavy atom. The van der Waals surface area contributed by atoms with E-state index < -0.39 is 37.1 Å². The standard InChI is InChI=1S/C49H94O6/c1-4-7-10-13-16-19-22-24-27-30-33-36-39-42-48(51)54-45-46(44-53-47(50)41-38-35-32-29-26-21-18-15-12-9-6-3)55-49(52)43-40-37-34-31-28-25-23-20-17-14-11-8-5-2/h46H,4-45H2,1-3H3/i44D2,45D2,46D. The Morgan fingerprint density at radius 3 is 0.782 bits per heavy atom. The molecule has 326 valence electrons. The van der Waals surface area contributed by atoms with Crippen LogP contribution in [0.5, 0.6) is 0 Å². The summed E-state index contributed by atoms with van der Waals surface area (Å²) in [7, 11) is 0. The summed E-state index contributed by atoms with van der Waals surface area (Å²) in [5, 5.41) is 0. The smallest absolute Gasteiger partial charge is 0.306 e. The minimum Gasteiger partial charge on any atom is -0.462 e. The fourth-order valence-electron chi connectivity index (χ4n) is 7.04. The molecule has 0 aliphatic rings. The molecule has 0 aromatic carbocycles. The van der Waals surface area contributed by atoms with Crippen LogP contribution in [0.15, 0.2) is 0 Å². The van der Waals surface area contributed by atoms with Gasteiger partial charge >= 0.3 is 17.9 Å². The lowest BCUT2D eigenvalue weighted by molar-refractivity contribution is -0.167. The van der Waals surface area contributed by atoms with E-state index in [1.54, 1.807) is 0 Å². The molecule has 0 heterocycles. The molecule has 6 nitrogen and oxygen atoms in total. The lowest BCUT2D eigenvalue weighted by atomic mass is 10.0. The number of carbonyl (C=O) groups is 3. The van der Waals surface area contributed by atoms with Crippen LogP contribution in [-0.4, -0.2) is 37.1 Å². The van der Waals surface area contributed by atoms with Crippen molar-refractivity contribution in [2.45, 2.75) is 284 Å². The summed E-state index contributed by atoms with van der Waals surface area (Å²) >= 11 is 0. The molecule has 6 heteroatoms. The molecule has 0 aromatic rings. The summed E-state index contributed by atoms with van der Waals surface area (Å²) < 4.78 is 58.6. The normalized spacial score (nSPS) is 14.3. The minimum absolute atomic E-state index is 0.123. The lowest BCUT2D eigenvalue weighted by Crippen LogP contribution is -2.30. The number of unbranched alkanes of at least 4 members (excludes halogenated alkanes) is 34. The molecule has 0 amide bonds. The Labute approximate surface area is 349 Å². The van der Waals surface area contributed by atoms with Crippen molar-refractivity contribution >= 4 is 17.9 Å². The van der Waals surface area contributed by atoms with Gasteiger partial charge in [-0.1, -0.05) is 239 Å². The van der Waals surface area contributed by atoms with E-state index in [1.807, 2.05) is 0 Å². The van der Waals surface area contributed by atoms with Crippen molar-refractivity contribution in [2.24, 2.45) is 0 Å². The Kier molecular flexibility index (Phi) is 36.5. The highest BCUT2D eigenvalue weighted by atomic mass is 16.6. The first-order valence-corrected chi connectivity index (χ1v) is 24.0. The van der Waals surface area contributed by atoms with Crippen LogP contribution in [0.25, 0.3) is 0 Å². The maximum absolute atomic E-state index is 13.1. The number of hydrogen-bond acceptors (Lipinski definition) is 6. The number of rotatable bonds is 45. The Hall–Kier alpha value is -1.59. The van der Waals surface area contributed by atoms with Crippen molar-refractivity contribution in [3.63, 3.8) is 0 Å². The molecular weight excluding hydrogens is 685 g/mol. The summed E-state index contributed by atoms with van der Waals surface area (Å²) in [6, 6.07) is 0. The third-order valence-electron chi connectivity index (χ3n) is 10.7. The molecular formula is C49H94O6. The maximum atomic E-state index is 13.1. The molecule has 0 aromatic heterocycles. The van der Waals surface area contributed by atoms with Crippen molar-refractivity contribution < 1.29 is 35.4 Å². The second-order valence-electron chi connectivity index (χ2n) is 16.2. The molecule has 0 fully saturated rings. The fourth-order valence-corrected chi connectivity index (χ4v) is 7.04. The van der Waals surface area contributed by atoms with E-state index in [0.717, 1.165) is 77.0 Å². The molecule has 0 bridgehead atoms. The number of ether oxygens (including phenoxy) is 3. The molecule has 1 unspecified atom stereocenters. The molecule has 0 N–H and O–H groups in total. The molecule has 0 rings (SSSR count). The van der Waals surface area contributed by atoms with E-state index in [2.05, 4.69) is 20.8 Å². The van der Waals surface area contributed by atoms with Crippen LogP contribution in [-0.2, 0) is 28.6 Å². The van der Waals surface area contributed by atoms with E-state index in [4.69, 9.17) is 21.1 Å². The first-order chi connectivity index (χ1) is 28.9. The van der Waals surface area contributed by atoms with Crippen molar-refractivity contribution in [1.82, 2.24) is 0 Å². The highest BCUT2D eigenvalue weighted by molar-refractivity contribution is 5.71. The van der Waals surface area contributed by atoms with Crippen LogP contribution < -0.4 is 0 Å². The zero-order valence-electron chi connectivity index (χ0n) is 41.7. The predicted octanol–water partition coefficient (Wildman–Crippen LogP) is 15.6. The van der Waals surface area contributed by atoms with Crippen LogP contribution in [0.2, 0.25) is 0 Å². The van der Waals surface area contributed by atoms with Gasteiger partial charge in [0, 0.05) is 19.3 Å². The lowest BCUT2D eigenvalue weighted by Gasteiger charge is -2.18. The molecule has 0 spiro atoms. The number of hydrogen-bond donors (Lipinski definition) is 0. The molecule has 0 saturated heterocycles. The predicted molar refractivity (Wildman–Crippen MR) is 233 cm³/mol. The van der Waals surface area contributed by atoms with Gasteiger partial charge in [0.05, 0.1) is 6.85 Å². The first-order valence-electron chi connectivity index (χ1n) is 26.5. The monoisotopic (exact) mass is 784 g/mol. The molecule has 0 aliphatic heterocycles. The van der Waals surface area contributed by atoms with E-state index in [0.29, 0.717) is 19.3 Å². The van der Waals surface area contributed by atoms with E-state index in [-0.39, 0.29) is 19.3 Å². The van der Waals surface area contributed by atoms with Gasteiger partial charge in [-0.3, -0.25) is 14.4 Å². The van der Waals surface area contributed by atoms with Crippen LogP contribution in [0, 0.1) is 0 Å². The van der Waals surface area contributed by atoms with E-state index in [1.165, 1.54) is 141 Å². The van der Waals surface area contributed by atoms with Gasteiger partial charge in [-0.15, -0.1) is 0 Å². The number of esters is 3. The maximum Gasteiger partial charge on any atom is 0.306 e. The SMILES string of the molecule is [2H]C([2H])(OC(=O)CCCCCCCCCCCCC)C([2H])(OC(=O)CCCCCCCCCCCCCCC)C([2H])([2H])OC(=O)CCCCCCCCCCCCCCC. The molecule has 0 aliphatic carbocycles. The highest BCUT2D eigenvalue weighted by Crippen LogP contribution is 2.16. The van der Waals surface area contributed by atoms with Crippen LogP contribution in [0.4, 0.5) is 0 Å². The van der Waals surface area contributed by atoms with Gasteiger partial charge in [0.2, 0.25) is 0 Å². The van der Waals surface area contributed by atoms with Crippen molar-refractivity contribution in [3.05, 3.63) is 0 Å². The number of carbonyl (C=O) groups excluding carboxylic acids is 3. The zero-order valence-corrected chi connectivity index (χ0v) is 36.7. The largest absolute Gasteiger partial charge is 0.462 e.